The van der Waals surface area contributed by atoms with Gasteiger partial charge < -0.3 is 9.94 Å². The van der Waals surface area contributed by atoms with Crippen LogP contribution in [0.3, 0.4) is 0 Å². The molecule has 0 spiro atoms. The van der Waals surface area contributed by atoms with Crippen molar-refractivity contribution in [3.05, 3.63) is 44.5 Å². The normalized spacial score (nSPS) is 11.0. The lowest BCUT2D eigenvalue weighted by atomic mass is 10.1. The molecule has 0 saturated carbocycles. The van der Waals surface area contributed by atoms with E-state index >= 15 is 0 Å². The summed E-state index contributed by atoms with van der Waals surface area (Å²) in [5.41, 5.74) is 1.38. The Bertz CT molecular complexity index is 453. The van der Waals surface area contributed by atoms with Crippen molar-refractivity contribution >= 4 is 28.8 Å². The molecule has 0 aliphatic heterocycles. The van der Waals surface area contributed by atoms with Crippen molar-refractivity contribution in [2.45, 2.75) is 13.8 Å². The lowest BCUT2D eigenvalue weighted by Crippen LogP contribution is -1.98. The number of hydrogen-bond acceptors (Lipinski definition) is 3. The van der Waals surface area contributed by atoms with Gasteiger partial charge in [0.25, 0.3) is 0 Å². The molecule has 1 rings (SSSR count). The molecule has 0 saturated heterocycles. The van der Waals surface area contributed by atoms with Gasteiger partial charge in [-0.05, 0) is 25.5 Å². The molecule has 19 heavy (non-hydrogen) atoms. The Labute approximate surface area is 120 Å². The van der Waals surface area contributed by atoms with Gasteiger partial charge in [-0.1, -0.05) is 35.3 Å². The van der Waals surface area contributed by atoms with E-state index in [0.29, 0.717) is 33.5 Å². The average molecular weight is 310 g/mol. The summed E-state index contributed by atoms with van der Waals surface area (Å²) in [4.78, 5) is 8.11. The quantitative estimate of drug-likeness (QED) is 0.490. The molecule has 7 heteroatoms. The fraction of sp³-hybridized carbons (Fsp3) is 0.333. The monoisotopic (exact) mass is 309 g/mol. The van der Waals surface area contributed by atoms with E-state index in [0.717, 1.165) is 0 Å². The first kappa shape index (κ1) is 17.7. The number of nitrogens with zero attached hydrogens (tertiary/aromatic N) is 1. The van der Waals surface area contributed by atoms with E-state index < -0.39 is 6.67 Å². The average Bonchev–Trinajstić information content (AvgIpc) is 2.39. The van der Waals surface area contributed by atoms with Gasteiger partial charge in [-0.25, -0.2) is 4.39 Å². The SMILES string of the molecule is CCOC(CF)=C(C)c1cccc(Cl)c1Cl.O=NO. The third-order valence-electron chi connectivity index (χ3n) is 2.21. The van der Waals surface area contributed by atoms with Crippen molar-refractivity contribution in [3.8, 4) is 0 Å². The second-order valence-electron chi connectivity index (χ2n) is 3.30. The number of ether oxygens (including phenoxy) is 1. The van der Waals surface area contributed by atoms with Gasteiger partial charge in [0.1, 0.15) is 12.4 Å². The van der Waals surface area contributed by atoms with Gasteiger partial charge in [-0.15, -0.1) is 4.91 Å². The van der Waals surface area contributed by atoms with Crippen molar-refractivity contribution in [3.63, 3.8) is 0 Å². The van der Waals surface area contributed by atoms with Crippen molar-refractivity contribution in [1.82, 2.24) is 0 Å². The topological polar surface area (TPSA) is 58.9 Å². The van der Waals surface area contributed by atoms with Crippen molar-refractivity contribution in [2.24, 2.45) is 5.34 Å². The van der Waals surface area contributed by atoms with E-state index in [1.807, 2.05) is 6.92 Å². The summed E-state index contributed by atoms with van der Waals surface area (Å²) in [6.07, 6.45) is 0. The van der Waals surface area contributed by atoms with Crippen LogP contribution in [0.2, 0.25) is 10.0 Å². The zero-order valence-corrected chi connectivity index (χ0v) is 12.0. The van der Waals surface area contributed by atoms with E-state index in [1.54, 1.807) is 25.1 Å². The van der Waals surface area contributed by atoms with E-state index in [4.69, 9.17) is 38.1 Å². The van der Waals surface area contributed by atoms with Crippen LogP contribution in [-0.2, 0) is 4.74 Å². The Hall–Kier alpha value is -1.33. The van der Waals surface area contributed by atoms with E-state index in [9.17, 15) is 4.39 Å². The van der Waals surface area contributed by atoms with Crippen molar-refractivity contribution < 1.29 is 14.3 Å². The second-order valence-corrected chi connectivity index (χ2v) is 4.08. The number of halogens is 3. The van der Waals surface area contributed by atoms with Gasteiger partial charge in [0, 0.05) is 5.56 Å². The number of benzene rings is 1. The van der Waals surface area contributed by atoms with Crippen molar-refractivity contribution in [2.75, 3.05) is 13.3 Å². The second kappa shape index (κ2) is 9.58. The highest BCUT2D eigenvalue weighted by Crippen LogP contribution is 2.32. The summed E-state index contributed by atoms with van der Waals surface area (Å²) in [6, 6.07) is 5.25. The minimum atomic E-state index is -0.650. The maximum atomic E-state index is 12.8. The Morgan fingerprint density at radius 2 is 2.05 bits per heavy atom. The number of rotatable bonds is 4. The molecule has 0 aromatic heterocycles. The summed E-state index contributed by atoms with van der Waals surface area (Å²) in [5, 5.41) is 8.76. The van der Waals surface area contributed by atoms with Gasteiger partial charge in [0.2, 0.25) is 0 Å². The van der Waals surface area contributed by atoms with Crippen LogP contribution in [-0.4, -0.2) is 18.5 Å². The molecule has 1 aromatic carbocycles. The molecule has 0 bridgehead atoms. The molecule has 0 amide bonds. The lowest BCUT2D eigenvalue weighted by molar-refractivity contribution is 0.206. The van der Waals surface area contributed by atoms with Gasteiger partial charge in [-0.3, -0.25) is 0 Å². The molecule has 0 heterocycles. The molecule has 0 radical (unpaired) electrons. The molecule has 4 nitrogen and oxygen atoms in total. The Morgan fingerprint density at radius 1 is 1.47 bits per heavy atom. The Balaban J connectivity index is 0.000000982. The number of hydrogen-bond donors (Lipinski definition) is 1. The first-order valence-electron chi connectivity index (χ1n) is 5.33. The minimum absolute atomic E-state index is 0.298. The zero-order valence-electron chi connectivity index (χ0n) is 10.5. The van der Waals surface area contributed by atoms with Crippen LogP contribution in [0.15, 0.2) is 29.3 Å². The zero-order chi connectivity index (χ0) is 14.8. The fourth-order valence-corrected chi connectivity index (χ4v) is 1.81. The summed E-state index contributed by atoms with van der Waals surface area (Å²) in [6.45, 7) is 3.35. The summed E-state index contributed by atoms with van der Waals surface area (Å²) < 4.78 is 18.0. The largest absolute Gasteiger partial charge is 0.495 e. The van der Waals surface area contributed by atoms with Crippen molar-refractivity contribution in [1.29, 1.82) is 0 Å². The molecule has 0 atom stereocenters. The van der Waals surface area contributed by atoms with Gasteiger partial charge in [0.05, 0.1) is 16.7 Å². The molecule has 0 fully saturated rings. The predicted molar refractivity (Wildman–Crippen MR) is 74.2 cm³/mol. The molecule has 0 aliphatic rings. The van der Waals surface area contributed by atoms with Crippen LogP contribution in [0, 0.1) is 4.91 Å². The van der Waals surface area contributed by atoms with Crippen LogP contribution in [0.1, 0.15) is 19.4 Å². The highest BCUT2D eigenvalue weighted by molar-refractivity contribution is 6.43. The van der Waals surface area contributed by atoms with E-state index in [1.165, 1.54) is 5.34 Å². The van der Waals surface area contributed by atoms with Crippen LogP contribution in [0.5, 0.6) is 0 Å². The van der Waals surface area contributed by atoms with Crippen LogP contribution in [0.4, 0.5) is 4.39 Å². The highest BCUT2D eigenvalue weighted by Gasteiger charge is 2.11. The Kier molecular flexibility index (Phi) is 8.91. The van der Waals surface area contributed by atoms with Crippen LogP contribution < -0.4 is 0 Å². The maximum Gasteiger partial charge on any atom is 0.152 e. The van der Waals surface area contributed by atoms with Gasteiger partial charge in [-0.2, -0.15) is 0 Å². The van der Waals surface area contributed by atoms with E-state index in [-0.39, 0.29) is 0 Å². The third-order valence-corrected chi connectivity index (χ3v) is 3.03. The standard InChI is InChI=1S/C12H13Cl2FO.HNO2/c1-3-16-11(7-15)8(2)9-5-4-6-10(13)12(9)14;2-1-3/h4-6H,3,7H2,1-2H3;(H,2,3). The van der Waals surface area contributed by atoms with Gasteiger partial charge >= 0.3 is 0 Å². The van der Waals surface area contributed by atoms with Crippen LogP contribution >= 0.6 is 23.2 Å². The molecule has 1 aromatic rings. The highest BCUT2D eigenvalue weighted by atomic mass is 35.5. The van der Waals surface area contributed by atoms with E-state index in [2.05, 4.69) is 0 Å². The predicted octanol–water partition coefficient (Wildman–Crippen LogP) is 4.87. The number of alkyl halides is 1. The summed E-state index contributed by atoms with van der Waals surface area (Å²) >= 11 is 11.9. The summed E-state index contributed by atoms with van der Waals surface area (Å²) in [7, 11) is 0. The first-order chi connectivity index (χ1) is 9.03. The molecule has 0 aliphatic carbocycles. The summed E-state index contributed by atoms with van der Waals surface area (Å²) in [5.74, 6) is 0.298. The lowest BCUT2D eigenvalue weighted by Gasteiger charge is -2.11. The maximum absolute atomic E-state index is 12.8. The van der Waals surface area contributed by atoms with Crippen LogP contribution in [0.25, 0.3) is 5.57 Å². The first-order valence-corrected chi connectivity index (χ1v) is 6.08. The molecule has 0 unspecified atom stereocenters. The molecular weight excluding hydrogens is 296 g/mol. The Morgan fingerprint density at radius 3 is 2.53 bits per heavy atom. The van der Waals surface area contributed by atoms with Gasteiger partial charge in [0.15, 0.2) is 5.34 Å². The smallest absolute Gasteiger partial charge is 0.152 e. The molecular formula is C12H14Cl2FNO3. The number of allylic oxidation sites excluding steroid dienone is 2. The minimum Gasteiger partial charge on any atom is -0.495 e. The fourth-order valence-electron chi connectivity index (χ4n) is 1.36. The third kappa shape index (κ3) is 5.44. The molecule has 106 valence electrons. The molecule has 1 N–H and O–H groups in total.